The Bertz CT molecular complexity index is 526. The number of hydrogen-bond acceptors (Lipinski definition) is 4. The minimum Gasteiger partial charge on any atom is -0.366 e. The third-order valence-electron chi connectivity index (χ3n) is 2.34. The van der Waals surface area contributed by atoms with Gasteiger partial charge in [-0.3, -0.25) is 9.78 Å². The summed E-state index contributed by atoms with van der Waals surface area (Å²) in [6.45, 7) is 3.65. The molecule has 2 N–H and O–H groups in total. The molecule has 0 aliphatic heterocycles. The highest BCUT2D eigenvalue weighted by molar-refractivity contribution is 5.93. The summed E-state index contributed by atoms with van der Waals surface area (Å²) in [4.78, 5) is 15.0. The molecule has 1 amide bonds. The third-order valence-corrected chi connectivity index (χ3v) is 2.34. The Morgan fingerprint density at radius 3 is 2.69 bits per heavy atom. The Balaban J connectivity index is 2.57. The van der Waals surface area contributed by atoms with E-state index < -0.39 is 5.91 Å². The minimum atomic E-state index is -0.499. The van der Waals surface area contributed by atoms with Gasteiger partial charge < -0.3 is 10.3 Å². The normalized spacial score (nSPS) is 10.4. The van der Waals surface area contributed by atoms with Crippen LogP contribution in [0, 0.1) is 13.8 Å². The number of primary amides is 1. The maximum atomic E-state index is 11.0. The number of aromatic nitrogens is 2. The van der Waals surface area contributed by atoms with Crippen molar-refractivity contribution in [1.82, 2.24) is 10.1 Å². The van der Waals surface area contributed by atoms with Crippen molar-refractivity contribution < 1.29 is 9.32 Å². The third kappa shape index (κ3) is 1.67. The lowest BCUT2D eigenvalue weighted by Crippen LogP contribution is -2.11. The topological polar surface area (TPSA) is 82.0 Å². The summed E-state index contributed by atoms with van der Waals surface area (Å²) >= 11 is 0. The zero-order chi connectivity index (χ0) is 11.7. The van der Waals surface area contributed by atoms with Gasteiger partial charge in [0.05, 0.1) is 11.3 Å². The lowest BCUT2D eigenvalue weighted by molar-refractivity contribution is 0.1000. The predicted octanol–water partition coefficient (Wildman–Crippen LogP) is 1.45. The number of aryl methyl sites for hydroxylation is 2. The van der Waals surface area contributed by atoms with Gasteiger partial charge in [-0.15, -0.1) is 0 Å². The monoisotopic (exact) mass is 217 g/mol. The first-order chi connectivity index (χ1) is 7.59. The molecule has 0 aliphatic rings. The van der Waals surface area contributed by atoms with Gasteiger partial charge in [0, 0.05) is 23.5 Å². The Hall–Kier alpha value is -2.17. The van der Waals surface area contributed by atoms with Gasteiger partial charge in [-0.2, -0.15) is 0 Å². The van der Waals surface area contributed by atoms with Gasteiger partial charge in [0.2, 0.25) is 5.91 Å². The lowest BCUT2D eigenvalue weighted by Gasteiger charge is -2.01. The first kappa shape index (κ1) is 10.4. The number of carbonyl (C=O) groups excluding carboxylic acids is 1. The van der Waals surface area contributed by atoms with Crippen molar-refractivity contribution >= 4 is 5.91 Å². The Morgan fingerprint density at radius 1 is 1.38 bits per heavy atom. The average molecular weight is 217 g/mol. The van der Waals surface area contributed by atoms with Crippen LogP contribution in [0.1, 0.15) is 21.8 Å². The van der Waals surface area contributed by atoms with Gasteiger partial charge in [0.1, 0.15) is 5.76 Å². The molecule has 0 spiro atoms. The Morgan fingerprint density at radius 2 is 2.12 bits per heavy atom. The standard InChI is InChI=1S/C11H11N3O2/c1-6-10(7(2)16-14-6)8-3-9(11(12)15)5-13-4-8/h3-5H,1-2H3,(H2,12,15). The molecule has 0 saturated heterocycles. The molecule has 0 unspecified atom stereocenters. The van der Waals surface area contributed by atoms with E-state index in [9.17, 15) is 4.79 Å². The van der Waals surface area contributed by atoms with Crippen LogP contribution in [0.15, 0.2) is 23.0 Å². The Labute approximate surface area is 92.3 Å². The predicted molar refractivity (Wildman–Crippen MR) is 57.7 cm³/mol. The number of carbonyl (C=O) groups is 1. The summed E-state index contributed by atoms with van der Waals surface area (Å²) in [5, 5.41) is 3.85. The molecular weight excluding hydrogens is 206 g/mol. The fourth-order valence-corrected chi connectivity index (χ4v) is 1.61. The largest absolute Gasteiger partial charge is 0.366 e. The summed E-state index contributed by atoms with van der Waals surface area (Å²) < 4.78 is 5.06. The molecule has 2 rings (SSSR count). The number of amides is 1. The number of rotatable bonds is 2. The molecular formula is C11H11N3O2. The molecule has 5 heteroatoms. The van der Waals surface area contributed by atoms with E-state index in [1.54, 1.807) is 12.3 Å². The zero-order valence-corrected chi connectivity index (χ0v) is 9.02. The van der Waals surface area contributed by atoms with E-state index in [1.165, 1.54) is 6.20 Å². The number of pyridine rings is 1. The van der Waals surface area contributed by atoms with Crippen LogP contribution in [0.3, 0.4) is 0 Å². The fraction of sp³-hybridized carbons (Fsp3) is 0.182. The molecule has 0 aliphatic carbocycles. The van der Waals surface area contributed by atoms with Crippen molar-refractivity contribution in [2.45, 2.75) is 13.8 Å². The van der Waals surface area contributed by atoms with E-state index >= 15 is 0 Å². The van der Waals surface area contributed by atoms with Crippen molar-refractivity contribution in [1.29, 1.82) is 0 Å². The van der Waals surface area contributed by atoms with Crippen LogP contribution in [0.2, 0.25) is 0 Å². The summed E-state index contributed by atoms with van der Waals surface area (Å²) in [6, 6.07) is 1.68. The van der Waals surface area contributed by atoms with Crippen LogP contribution in [-0.2, 0) is 0 Å². The van der Waals surface area contributed by atoms with E-state index in [4.69, 9.17) is 10.3 Å². The summed E-state index contributed by atoms with van der Waals surface area (Å²) in [5.74, 6) is 0.196. The molecule has 0 bridgehead atoms. The molecule has 2 aromatic rings. The summed E-state index contributed by atoms with van der Waals surface area (Å²) in [5.41, 5.74) is 7.97. The highest BCUT2D eigenvalue weighted by atomic mass is 16.5. The molecule has 0 atom stereocenters. The summed E-state index contributed by atoms with van der Waals surface area (Å²) in [6.07, 6.45) is 3.09. The second kappa shape index (κ2) is 3.77. The van der Waals surface area contributed by atoms with E-state index in [1.807, 2.05) is 13.8 Å². The molecule has 0 fully saturated rings. The van der Waals surface area contributed by atoms with Crippen LogP contribution in [0.25, 0.3) is 11.1 Å². The molecule has 2 aromatic heterocycles. The lowest BCUT2D eigenvalue weighted by atomic mass is 10.0. The highest BCUT2D eigenvalue weighted by Crippen LogP contribution is 2.26. The minimum absolute atomic E-state index is 0.373. The smallest absolute Gasteiger partial charge is 0.250 e. The summed E-state index contributed by atoms with van der Waals surface area (Å²) in [7, 11) is 0. The van der Waals surface area contributed by atoms with Gasteiger partial charge in [-0.1, -0.05) is 5.16 Å². The van der Waals surface area contributed by atoms with Crippen molar-refractivity contribution in [3.63, 3.8) is 0 Å². The van der Waals surface area contributed by atoms with E-state index in [0.717, 1.165) is 16.8 Å². The van der Waals surface area contributed by atoms with Gasteiger partial charge in [0.15, 0.2) is 0 Å². The van der Waals surface area contributed by atoms with Crippen LogP contribution < -0.4 is 5.73 Å². The first-order valence-corrected chi connectivity index (χ1v) is 4.77. The van der Waals surface area contributed by atoms with E-state index in [2.05, 4.69) is 10.1 Å². The fourth-order valence-electron chi connectivity index (χ4n) is 1.61. The maximum Gasteiger partial charge on any atom is 0.250 e. The molecule has 0 radical (unpaired) electrons. The maximum absolute atomic E-state index is 11.0. The molecule has 82 valence electrons. The molecule has 0 aromatic carbocycles. The second-order valence-electron chi connectivity index (χ2n) is 3.53. The number of hydrogen-bond donors (Lipinski definition) is 1. The van der Waals surface area contributed by atoms with Gasteiger partial charge in [-0.25, -0.2) is 0 Å². The van der Waals surface area contributed by atoms with Crippen molar-refractivity contribution in [2.75, 3.05) is 0 Å². The van der Waals surface area contributed by atoms with Crippen LogP contribution in [0.5, 0.6) is 0 Å². The Kier molecular flexibility index (Phi) is 2.44. The molecule has 16 heavy (non-hydrogen) atoms. The number of nitrogens with two attached hydrogens (primary N) is 1. The van der Waals surface area contributed by atoms with Crippen molar-refractivity contribution in [3.05, 3.63) is 35.5 Å². The van der Waals surface area contributed by atoms with Crippen LogP contribution in [-0.4, -0.2) is 16.0 Å². The first-order valence-electron chi connectivity index (χ1n) is 4.77. The molecule has 2 heterocycles. The highest BCUT2D eigenvalue weighted by Gasteiger charge is 2.13. The van der Waals surface area contributed by atoms with Gasteiger partial charge >= 0.3 is 0 Å². The average Bonchev–Trinajstić information content (AvgIpc) is 2.59. The van der Waals surface area contributed by atoms with Gasteiger partial charge in [0.25, 0.3) is 0 Å². The van der Waals surface area contributed by atoms with Crippen LogP contribution in [0.4, 0.5) is 0 Å². The number of nitrogens with zero attached hydrogens (tertiary/aromatic N) is 2. The van der Waals surface area contributed by atoms with Crippen molar-refractivity contribution in [3.8, 4) is 11.1 Å². The van der Waals surface area contributed by atoms with Gasteiger partial charge in [-0.05, 0) is 19.9 Å². The van der Waals surface area contributed by atoms with E-state index in [-0.39, 0.29) is 0 Å². The second-order valence-corrected chi connectivity index (χ2v) is 3.53. The molecule has 0 saturated carbocycles. The van der Waals surface area contributed by atoms with E-state index in [0.29, 0.717) is 11.3 Å². The van der Waals surface area contributed by atoms with Crippen LogP contribution >= 0.6 is 0 Å². The van der Waals surface area contributed by atoms with Crippen molar-refractivity contribution in [2.24, 2.45) is 5.73 Å². The quantitative estimate of drug-likeness (QED) is 0.825. The SMILES string of the molecule is Cc1noc(C)c1-c1cncc(C(N)=O)c1. The molecule has 5 nitrogen and oxygen atoms in total. The zero-order valence-electron chi connectivity index (χ0n) is 9.02.